The van der Waals surface area contributed by atoms with Crippen LogP contribution < -0.4 is 15.3 Å². The number of nitrogens with one attached hydrogen (secondary N) is 4. The van der Waals surface area contributed by atoms with Crippen molar-refractivity contribution < 1.29 is 33.6 Å². The largest absolute Gasteiger partial charge is 0.428 e. The van der Waals surface area contributed by atoms with E-state index >= 15 is 0 Å². The highest BCUT2D eigenvalue weighted by Gasteiger charge is 2.60. The second-order valence-corrected chi connectivity index (χ2v) is 10.3. The van der Waals surface area contributed by atoms with Crippen molar-refractivity contribution in [2.45, 2.75) is 32.1 Å². The summed E-state index contributed by atoms with van der Waals surface area (Å²) in [6.07, 6.45) is -2.53. The van der Waals surface area contributed by atoms with E-state index in [-0.39, 0.29) is 67.0 Å². The van der Waals surface area contributed by atoms with Gasteiger partial charge in [0.05, 0.1) is 30.1 Å². The number of nitrogens with zero attached hydrogens (tertiary/aromatic N) is 2. The molecule has 2 saturated heterocycles. The number of carbonyl (C=O) groups excluding carboxylic acids is 3. The third-order valence-corrected chi connectivity index (χ3v) is 7.35. The lowest BCUT2D eigenvalue weighted by molar-refractivity contribution is -0.162. The zero-order chi connectivity index (χ0) is 25.2. The fraction of sp³-hybridized carbons (Fsp3) is 0.647. The third-order valence-electron chi connectivity index (χ3n) is 6.37. The highest BCUT2D eigenvalue weighted by molar-refractivity contribution is 7.32. The number of hydrogen-bond donors (Lipinski definition) is 6. The van der Waals surface area contributed by atoms with Crippen molar-refractivity contribution in [1.82, 2.24) is 25.1 Å². The zero-order valence-electron chi connectivity index (χ0n) is 19.4. The Morgan fingerprint density at radius 1 is 1.26 bits per heavy atom. The second kappa shape index (κ2) is 11.4. The van der Waals surface area contributed by atoms with E-state index in [0.717, 1.165) is 0 Å². The average molecular weight is 514 g/mol. The van der Waals surface area contributed by atoms with Gasteiger partial charge in [-0.2, -0.15) is 0 Å². The lowest BCUT2D eigenvalue weighted by Crippen LogP contribution is -2.63. The minimum absolute atomic E-state index is 0.155. The monoisotopic (exact) mass is 514 g/mol. The molecule has 13 nitrogen and oxygen atoms in total. The van der Waals surface area contributed by atoms with Crippen LogP contribution in [0, 0.1) is 23.2 Å². The van der Waals surface area contributed by atoms with Gasteiger partial charge in [-0.3, -0.25) is 20.4 Å². The van der Waals surface area contributed by atoms with Crippen molar-refractivity contribution in [3.63, 3.8) is 0 Å². The molecule has 3 rings (SSSR count). The van der Waals surface area contributed by atoms with Crippen LogP contribution in [0.2, 0.25) is 0 Å². The van der Waals surface area contributed by atoms with E-state index in [1.165, 1.54) is 4.90 Å². The molecule has 0 aromatic rings. The number of fused-ring (bicyclic) bond motifs is 1. The molecular formula is C17H30B2N6O7P2. The fourth-order valence-corrected chi connectivity index (χ4v) is 5.37. The number of rotatable bonds is 9. The molecule has 17 heteroatoms. The molecule has 0 radical (unpaired) electrons. The second-order valence-electron chi connectivity index (χ2n) is 8.52. The van der Waals surface area contributed by atoms with Gasteiger partial charge >= 0.3 is 12.1 Å². The van der Waals surface area contributed by atoms with Gasteiger partial charge in [0.25, 0.3) is 0 Å². The Labute approximate surface area is 202 Å². The number of β-amino-alcohol motifs (C(OH)–C–C–N with tert-alkyl or cyclic N) is 1. The summed E-state index contributed by atoms with van der Waals surface area (Å²) in [6, 6.07) is -0.339. The first-order chi connectivity index (χ1) is 16.1. The van der Waals surface area contributed by atoms with E-state index in [4.69, 9.17) is 14.5 Å². The third kappa shape index (κ3) is 5.31. The molecule has 3 aliphatic heterocycles. The molecular weight excluding hydrogens is 484 g/mol. The number of aliphatic hydroxyl groups excluding tert-OH is 2. The SMILES string of the molecule is BNPOC(=O)NC(=N)[C@@H]1CN(CC2=C(C(=O)OPNB)N3C(=O)C([C@@H](C)O)[C@H]3[C@H]2C)C[C@H]1O. The summed E-state index contributed by atoms with van der Waals surface area (Å²) in [5.74, 6) is -2.53. The summed E-state index contributed by atoms with van der Waals surface area (Å²) in [6.45, 7) is 4.23. The molecule has 8 atom stereocenters. The molecule has 186 valence electrons. The van der Waals surface area contributed by atoms with Crippen LogP contribution in [0.4, 0.5) is 4.79 Å². The van der Waals surface area contributed by atoms with Crippen LogP contribution in [0.25, 0.3) is 0 Å². The molecule has 0 aromatic heterocycles. The van der Waals surface area contributed by atoms with Gasteiger partial charge in [0.1, 0.15) is 29.4 Å². The quantitative estimate of drug-likeness (QED) is 0.0609. The van der Waals surface area contributed by atoms with Crippen molar-refractivity contribution in [2.24, 2.45) is 17.8 Å². The fourth-order valence-electron chi connectivity index (χ4n) is 4.83. The zero-order valence-corrected chi connectivity index (χ0v) is 21.4. The molecule has 0 saturated carbocycles. The lowest BCUT2D eigenvalue weighted by Gasteiger charge is -2.46. The van der Waals surface area contributed by atoms with Crippen LogP contribution in [0.5, 0.6) is 0 Å². The maximum absolute atomic E-state index is 12.9. The number of β-lactam (4-membered cyclic amide) rings is 1. The number of amidine groups is 1. The number of likely N-dealkylation sites (tertiary alicyclic amines) is 1. The first kappa shape index (κ1) is 27.0. The van der Waals surface area contributed by atoms with Gasteiger partial charge < -0.3 is 34.2 Å². The molecule has 0 bridgehead atoms. The molecule has 0 spiro atoms. The minimum atomic E-state index is -0.901. The van der Waals surface area contributed by atoms with Gasteiger partial charge in [-0.15, -0.1) is 0 Å². The van der Waals surface area contributed by atoms with Gasteiger partial charge in [-0.25, -0.2) is 9.59 Å². The van der Waals surface area contributed by atoms with Crippen molar-refractivity contribution in [1.29, 1.82) is 5.41 Å². The molecule has 2 amide bonds. The maximum atomic E-state index is 12.9. The predicted molar refractivity (Wildman–Crippen MR) is 131 cm³/mol. The molecule has 2 fully saturated rings. The van der Waals surface area contributed by atoms with Crippen molar-refractivity contribution >= 4 is 57.7 Å². The summed E-state index contributed by atoms with van der Waals surface area (Å²) in [5.41, 5.74) is 0.874. The Balaban J connectivity index is 1.75. The van der Waals surface area contributed by atoms with Crippen LogP contribution in [-0.4, -0.2) is 97.7 Å². The molecule has 0 aliphatic carbocycles. The van der Waals surface area contributed by atoms with Crippen LogP contribution >= 0.6 is 17.9 Å². The van der Waals surface area contributed by atoms with E-state index in [9.17, 15) is 24.6 Å². The topological polar surface area (TPSA) is 177 Å². The van der Waals surface area contributed by atoms with Crippen LogP contribution in [0.1, 0.15) is 13.8 Å². The Morgan fingerprint density at radius 2 is 1.91 bits per heavy atom. The van der Waals surface area contributed by atoms with Crippen molar-refractivity contribution in [2.75, 3.05) is 19.6 Å². The van der Waals surface area contributed by atoms with Crippen LogP contribution in [0.3, 0.4) is 0 Å². The Kier molecular flexibility index (Phi) is 9.08. The van der Waals surface area contributed by atoms with E-state index < -0.39 is 36.1 Å². The van der Waals surface area contributed by atoms with Crippen molar-refractivity contribution in [3.05, 3.63) is 11.3 Å². The molecule has 6 N–H and O–H groups in total. The Morgan fingerprint density at radius 3 is 2.53 bits per heavy atom. The predicted octanol–water partition coefficient (Wildman–Crippen LogP) is -3.07. The summed E-state index contributed by atoms with van der Waals surface area (Å²) in [7, 11) is 2.74. The van der Waals surface area contributed by atoms with Gasteiger partial charge in [0.2, 0.25) is 5.91 Å². The van der Waals surface area contributed by atoms with E-state index in [1.54, 1.807) is 22.9 Å². The number of carbonyl (C=O) groups is 3. The van der Waals surface area contributed by atoms with Gasteiger partial charge in [0, 0.05) is 25.6 Å². The highest BCUT2D eigenvalue weighted by Crippen LogP contribution is 2.48. The first-order valence-electron chi connectivity index (χ1n) is 10.9. The number of aliphatic hydroxyl groups is 2. The number of amides is 2. The normalized spacial score (nSPS) is 30.2. The Hall–Kier alpha value is -1.59. The maximum Gasteiger partial charge on any atom is 0.416 e. The standard InChI is InChI=1S/C17H30B2N6O7P2/c1-6-8(3-24-4-9(10(27)5-24)14(20)21-17(30)32-34-23-19)13(16(29)31-33-22-18)25-12(6)11(7(2)26)15(25)28/h6-7,9-12,22-23,26-27,33-34H,3-5,18-19H2,1-2H3,(H2,20,21,30)/t6-,7+,9+,10+,11?,12+/m0/s1. The lowest BCUT2D eigenvalue weighted by atomic mass is 9.77. The average Bonchev–Trinajstić information content (AvgIpc) is 3.26. The first-order valence-corrected chi connectivity index (χ1v) is 12.7. The van der Waals surface area contributed by atoms with Crippen molar-refractivity contribution in [3.8, 4) is 0 Å². The summed E-state index contributed by atoms with van der Waals surface area (Å²) in [5, 5.41) is 31.1. The van der Waals surface area contributed by atoms with E-state index in [2.05, 4.69) is 15.3 Å². The van der Waals surface area contributed by atoms with Gasteiger partial charge in [-0.1, -0.05) is 6.92 Å². The Bertz CT molecular complexity index is 881. The van der Waals surface area contributed by atoms with Crippen LogP contribution in [0.15, 0.2) is 11.3 Å². The molecule has 3 heterocycles. The smallest absolute Gasteiger partial charge is 0.416 e. The van der Waals surface area contributed by atoms with Crippen LogP contribution in [-0.2, 0) is 18.6 Å². The molecule has 3 aliphatic rings. The van der Waals surface area contributed by atoms with Gasteiger partial charge in [0.15, 0.2) is 16.0 Å². The summed E-state index contributed by atoms with van der Waals surface area (Å²) >= 11 is 0. The molecule has 0 aromatic carbocycles. The van der Waals surface area contributed by atoms with E-state index in [0.29, 0.717) is 5.57 Å². The van der Waals surface area contributed by atoms with E-state index in [1.807, 2.05) is 11.8 Å². The summed E-state index contributed by atoms with van der Waals surface area (Å²) in [4.78, 5) is 46.1. The molecule has 3 unspecified atom stereocenters. The summed E-state index contributed by atoms with van der Waals surface area (Å²) < 4.78 is 10.1. The minimum Gasteiger partial charge on any atom is -0.428 e. The number of hydrogen-bond acceptors (Lipinski definition) is 11. The highest BCUT2D eigenvalue weighted by atomic mass is 31.1. The molecule has 34 heavy (non-hydrogen) atoms. The van der Waals surface area contributed by atoms with Gasteiger partial charge in [-0.05, 0) is 12.5 Å².